The van der Waals surface area contributed by atoms with E-state index in [0.29, 0.717) is 35.4 Å². The van der Waals surface area contributed by atoms with Gasteiger partial charge in [0.15, 0.2) is 5.82 Å². The van der Waals surface area contributed by atoms with Crippen LogP contribution in [-0.2, 0) is 4.79 Å². The van der Waals surface area contributed by atoms with Crippen LogP contribution in [0.5, 0.6) is 5.75 Å². The quantitative estimate of drug-likeness (QED) is 0.638. The molecule has 0 saturated heterocycles. The third-order valence-electron chi connectivity index (χ3n) is 5.27. The number of hydrogen-bond donors (Lipinski definition) is 2. The average molecular weight is 419 g/mol. The van der Waals surface area contributed by atoms with Crippen molar-refractivity contribution in [3.05, 3.63) is 65.4 Å². The van der Waals surface area contributed by atoms with E-state index in [1.54, 1.807) is 4.68 Å². The second-order valence-corrected chi connectivity index (χ2v) is 7.55. The lowest BCUT2D eigenvalue weighted by Crippen LogP contribution is -2.32. The van der Waals surface area contributed by atoms with Crippen molar-refractivity contribution in [3.63, 3.8) is 0 Å². The van der Waals surface area contributed by atoms with Gasteiger partial charge in [0.25, 0.3) is 0 Å². The summed E-state index contributed by atoms with van der Waals surface area (Å²) in [6.07, 6.45) is 0. The van der Waals surface area contributed by atoms with Crippen LogP contribution in [0.15, 0.2) is 59.8 Å². The molecule has 160 valence electrons. The van der Waals surface area contributed by atoms with Gasteiger partial charge in [-0.25, -0.2) is 4.68 Å². The predicted molar refractivity (Wildman–Crippen MR) is 121 cm³/mol. The van der Waals surface area contributed by atoms with E-state index in [1.807, 2.05) is 81.4 Å². The monoisotopic (exact) mass is 418 g/mol. The van der Waals surface area contributed by atoms with Gasteiger partial charge in [-0.1, -0.05) is 18.2 Å². The summed E-state index contributed by atoms with van der Waals surface area (Å²) in [6.45, 7) is 4.25. The molecule has 0 saturated carbocycles. The van der Waals surface area contributed by atoms with E-state index < -0.39 is 11.9 Å². The number of primary amides is 1. The zero-order valence-electron chi connectivity index (χ0n) is 18.1. The van der Waals surface area contributed by atoms with Gasteiger partial charge in [0, 0.05) is 36.6 Å². The molecule has 3 N–H and O–H groups in total. The highest BCUT2D eigenvalue weighted by molar-refractivity contribution is 5.95. The lowest BCUT2D eigenvalue weighted by atomic mass is 9.94. The Morgan fingerprint density at radius 2 is 1.90 bits per heavy atom. The predicted octanol–water partition coefficient (Wildman–Crippen LogP) is 3.18. The fourth-order valence-corrected chi connectivity index (χ4v) is 3.78. The molecule has 1 aromatic heterocycles. The molecule has 1 aliphatic heterocycles. The van der Waals surface area contributed by atoms with Crippen LogP contribution in [0.1, 0.15) is 25.5 Å². The van der Waals surface area contributed by atoms with Crippen molar-refractivity contribution in [2.75, 3.05) is 30.9 Å². The van der Waals surface area contributed by atoms with Crippen molar-refractivity contribution in [1.82, 2.24) is 14.8 Å². The highest BCUT2D eigenvalue weighted by Crippen LogP contribution is 2.39. The molecule has 0 spiro atoms. The number of anilines is 2. The second kappa shape index (κ2) is 8.14. The van der Waals surface area contributed by atoms with Gasteiger partial charge >= 0.3 is 0 Å². The number of nitrogens with two attached hydrogens (primary N) is 1. The van der Waals surface area contributed by atoms with Crippen LogP contribution in [0.25, 0.3) is 11.4 Å². The molecule has 1 aliphatic rings. The van der Waals surface area contributed by atoms with Crippen LogP contribution in [0, 0.1) is 0 Å². The van der Waals surface area contributed by atoms with Crippen LogP contribution in [0.2, 0.25) is 0 Å². The van der Waals surface area contributed by atoms with Gasteiger partial charge in [0.1, 0.15) is 11.8 Å². The van der Waals surface area contributed by atoms with Crippen LogP contribution in [0.3, 0.4) is 0 Å². The van der Waals surface area contributed by atoms with Gasteiger partial charge < -0.3 is 20.7 Å². The van der Waals surface area contributed by atoms with Gasteiger partial charge in [-0.2, -0.15) is 4.98 Å². The first-order valence-corrected chi connectivity index (χ1v) is 10.1. The van der Waals surface area contributed by atoms with E-state index >= 15 is 0 Å². The third-order valence-corrected chi connectivity index (χ3v) is 5.27. The number of ether oxygens (including phenoxy) is 1. The second-order valence-electron chi connectivity index (χ2n) is 7.55. The molecule has 2 aromatic carbocycles. The van der Waals surface area contributed by atoms with E-state index in [-0.39, 0.29) is 0 Å². The molecule has 2 heterocycles. The van der Waals surface area contributed by atoms with Gasteiger partial charge in [0.05, 0.1) is 12.2 Å². The van der Waals surface area contributed by atoms with Crippen molar-refractivity contribution in [2.45, 2.75) is 19.9 Å². The SMILES string of the molecule is CCOc1ccccc1C1C(C(N)=O)=C(C)Nc2nc(-c3ccc(N(C)C)cc3)nn21. The molecule has 0 bridgehead atoms. The van der Waals surface area contributed by atoms with Gasteiger partial charge in [0.2, 0.25) is 11.9 Å². The molecule has 31 heavy (non-hydrogen) atoms. The molecule has 0 radical (unpaired) electrons. The third kappa shape index (κ3) is 3.72. The summed E-state index contributed by atoms with van der Waals surface area (Å²) in [5, 5.41) is 7.93. The number of hydrogen-bond acceptors (Lipinski definition) is 6. The number of nitrogens with one attached hydrogen (secondary N) is 1. The van der Waals surface area contributed by atoms with E-state index in [9.17, 15) is 4.79 Å². The van der Waals surface area contributed by atoms with Crippen LogP contribution < -0.4 is 20.7 Å². The summed E-state index contributed by atoms with van der Waals surface area (Å²) >= 11 is 0. The average Bonchev–Trinajstić information content (AvgIpc) is 3.17. The van der Waals surface area contributed by atoms with Crippen molar-refractivity contribution in [1.29, 1.82) is 0 Å². The lowest BCUT2D eigenvalue weighted by Gasteiger charge is -2.28. The van der Waals surface area contributed by atoms with Crippen LogP contribution >= 0.6 is 0 Å². The smallest absolute Gasteiger partial charge is 0.248 e. The number of carbonyl (C=O) groups is 1. The first kappa shape index (κ1) is 20.5. The molecule has 0 fully saturated rings. The summed E-state index contributed by atoms with van der Waals surface area (Å²) in [6, 6.07) is 15.1. The Labute approximate surface area is 181 Å². The van der Waals surface area contributed by atoms with Crippen molar-refractivity contribution >= 4 is 17.5 Å². The normalized spacial score (nSPS) is 15.3. The highest BCUT2D eigenvalue weighted by atomic mass is 16.5. The first-order valence-electron chi connectivity index (χ1n) is 10.1. The number of para-hydroxylation sites is 1. The maximum absolute atomic E-state index is 12.4. The Morgan fingerprint density at radius 3 is 2.55 bits per heavy atom. The molecule has 3 aromatic rings. The molecular weight excluding hydrogens is 392 g/mol. The van der Waals surface area contributed by atoms with Crippen molar-refractivity contribution < 1.29 is 9.53 Å². The number of fused-ring (bicyclic) bond motifs is 1. The number of carbonyl (C=O) groups excluding carboxylic acids is 1. The van der Waals surface area contributed by atoms with Gasteiger partial charge in [-0.05, 0) is 44.2 Å². The van der Waals surface area contributed by atoms with Crippen molar-refractivity contribution in [3.8, 4) is 17.1 Å². The van der Waals surface area contributed by atoms with E-state index in [1.165, 1.54) is 0 Å². The lowest BCUT2D eigenvalue weighted by molar-refractivity contribution is -0.115. The minimum absolute atomic E-state index is 0.430. The van der Waals surface area contributed by atoms with E-state index in [2.05, 4.69) is 5.32 Å². The number of benzene rings is 2. The summed E-state index contributed by atoms with van der Waals surface area (Å²) in [4.78, 5) is 19.1. The fraction of sp³-hybridized carbons (Fsp3) is 0.261. The zero-order chi connectivity index (χ0) is 22.1. The topological polar surface area (TPSA) is 98.3 Å². The maximum Gasteiger partial charge on any atom is 0.248 e. The Hall–Kier alpha value is -3.81. The molecule has 8 heteroatoms. The van der Waals surface area contributed by atoms with E-state index in [0.717, 1.165) is 16.8 Å². The molecule has 1 atom stereocenters. The standard InChI is InChI=1S/C23H26N6O2/c1-5-31-18-9-7-6-8-17(18)20-19(21(24)30)14(2)25-23-26-22(27-29(20)23)15-10-12-16(13-11-15)28(3)4/h6-13,20H,5H2,1-4H3,(H2,24,30)(H,25,26,27). The minimum atomic E-state index is -0.543. The Kier molecular flexibility index (Phi) is 5.37. The fourth-order valence-electron chi connectivity index (χ4n) is 3.78. The number of aromatic nitrogens is 3. The van der Waals surface area contributed by atoms with Crippen LogP contribution in [-0.4, -0.2) is 41.4 Å². The first-order chi connectivity index (χ1) is 14.9. The largest absolute Gasteiger partial charge is 0.494 e. The Balaban J connectivity index is 1.84. The molecule has 1 unspecified atom stereocenters. The summed E-state index contributed by atoms with van der Waals surface area (Å²) in [5.74, 6) is 1.27. The minimum Gasteiger partial charge on any atom is -0.494 e. The number of allylic oxidation sites excluding steroid dienone is 1. The van der Waals surface area contributed by atoms with Crippen molar-refractivity contribution in [2.24, 2.45) is 5.73 Å². The number of nitrogens with zero attached hydrogens (tertiary/aromatic N) is 4. The molecule has 1 amide bonds. The highest BCUT2D eigenvalue weighted by Gasteiger charge is 2.35. The van der Waals surface area contributed by atoms with Gasteiger partial charge in [-0.3, -0.25) is 4.79 Å². The van der Waals surface area contributed by atoms with E-state index in [4.69, 9.17) is 20.6 Å². The summed E-state index contributed by atoms with van der Waals surface area (Å²) in [7, 11) is 3.99. The summed E-state index contributed by atoms with van der Waals surface area (Å²) in [5.41, 5.74) is 9.64. The Bertz CT molecular complexity index is 1150. The molecule has 8 nitrogen and oxygen atoms in total. The zero-order valence-corrected chi connectivity index (χ0v) is 18.1. The maximum atomic E-state index is 12.4. The van der Waals surface area contributed by atoms with Crippen LogP contribution in [0.4, 0.5) is 11.6 Å². The van der Waals surface area contributed by atoms with Gasteiger partial charge in [-0.15, -0.1) is 5.10 Å². The molecule has 4 rings (SSSR count). The Morgan fingerprint density at radius 1 is 1.19 bits per heavy atom. The number of rotatable bonds is 6. The number of amides is 1. The summed E-state index contributed by atoms with van der Waals surface area (Å²) < 4.78 is 7.54. The molecular formula is C23H26N6O2. The molecule has 0 aliphatic carbocycles.